The Labute approximate surface area is 186 Å². The molecule has 1 heterocycles. The van der Waals surface area contributed by atoms with Crippen LogP contribution in [-0.2, 0) is 14.4 Å². The minimum atomic E-state index is -1.23. The first-order valence-corrected chi connectivity index (χ1v) is 10.0. The van der Waals surface area contributed by atoms with Crippen molar-refractivity contribution in [2.24, 2.45) is 11.0 Å². The number of hydrazone groups is 1. The smallest absolute Gasteiger partial charge is 0.277 e. The Morgan fingerprint density at radius 1 is 1.30 bits per heavy atom. The topological polar surface area (TPSA) is 100 Å². The van der Waals surface area contributed by atoms with Crippen LogP contribution >= 0.6 is 28.1 Å². The summed E-state index contributed by atoms with van der Waals surface area (Å²) in [6, 6.07) is 14.1. The van der Waals surface area contributed by atoms with Crippen molar-refractivity contribution in [1.29, 1.82) is 0 Å². The third-order valence-electron chi connectivity index (χ3n) is 4.07. The summed E-state index contributed by atoms with van der Waals surface area (Å²) in [5, 5.41) is 6.20. The summed E-state index contributed by atoms with van der Waals surface area (Å²) >= 11 is 8.44. The van der Waals surface area contributed by atoms with Crippen molar-refractivity contribution in [3.8, 4) is 5.75 Å². The summed E-state index contributed by atoms with van der Waals surface area (Å²) in [7, 11) is 0. The van der Waals surface area contributed by atoms with E-state index in [1.54, 1.807) is 30.3 Å². The summed E-state index contributed by atoms with van der Waals surface area (Å²) in [5.74, 6) is -2.44. The number of carbonyl (C=O) groups excluding carboxylic acids is 3. The number of nitrogens with one attached hydrogen (secondary N) is 2. The molecule has 0 saturated carbocycles. The van der Waals surface area contributed by atoms with Crippen LogP contribution in [0.5, 0.6) is 5.75 Å². The highest BCUT2D eigenvalue weighted by molar-refractivity contribution is 9.10. The predicted molar refractivity (Wildman–Crippen MR) is 119 cm³/mol. The lowest BCUT2D eigenvalue weighted by Crippen LogP contribution is -2.58. The Kier molecular flexibility index (Phi) is 6.91. The van der Waals surface area contributed by atoms with E-state index in [0.717, 1.165) is 16.3 Å². The van der Waals surface area contributed by atoms with Crippen LogP contribution in [0.2, 0.25) is 0 Å². The van der Waals surface area contributed by atoms with E-state index in [1.165, 1.54) is 4.90 Å². The molecule has 1 fully saturated rings. The van der Waals surface area contributed by atoms with Crippen LogP contribution in [0.25, 0.3) is 0 Å². The third kappa shape index (κ3) is 5.28. The van der Waals surface area contributed by atoms with Crippen LogP contribution in [0.4, 0.5) is 5.69 Å². The molecule has 1 aliphatic rings. The lowest BCUT2D eigenvalue weighted by molar-refractivity contribution is -0.130. The zero-order chi connectivity index (χ0) is 21.7. The summed E-state index contributed by atoms with van der Waals surface area (Å²) in [6.07, 6.45) is 1.07. The fourth-order valence-electron chi connectivity index (χ4n) is 2.58. The average Bonchev–Trinajstić information content (AvgIpc) is 2.70. The first-order chi connectivity index (χ1) is 14.3. The van der Waals surface area contributed by atoms with Crippen molar-refractivity contribution in [3.63, 3.8) is 0 Å². The van der Waals surface area contributed by atoms with E-state index in [0.29, 0.717) is 11.4 Å². The van der Waals surface area contributed by atoms with Crippen molar-refractivity contribution in [1.82, 2.24) is 10.7 Å². The number of aryl methyl sites for hydroxylation is 1. The Hall–Kier alpha value is -3.11. The van der Waals surface area contributed by atoms with Crippen LogP contribution in [0.3, 0.4) is 0 Å². The summed E-state index contributed by atoms with van der Waals surface area (Å²) < 4.78 is 6.16. The highest BCUT2D eigenvalue weighted by atomic mass is 79.9. The SMILES string of the molecule is Cc1ccc(N2C(=O)[C@H](/C=N\NC(=O)COc3cccc(Br)c3)C(=O)NC2=S)cc1. The van der Waals surface area contributed by atoms with Crippen molar-refractivity contribution in [2.45, 2.75) is 6.92 Å². The molecule has 1 aliphatic heterocycles. The average molecular weight is 489 g/mol. The number of ether oxygens (including phenoxy) is 1. The molecule has 8 nitrogen and oxygen atoms in total. The van der Waals surface area contributed by atoms with E-state index < -0.39 is 23.6 Å². The Balaban J connectivity index is 1.61. The van der Waals surface area contributed by atoms with Gasteiger partial charge < -0.3 is 10.1 Å². The molecule has 30 heavy (non-hydrogen) atoms. The van der Waals surface area contributed by atoms with Gasteiger partial charge in [0.25, 0.3) is 11.8 Å². The van der Waals surface area contributed by atoms with Crippen molar-refractivity contribution in [2.75, 3.05) is 11.5 Å². The number of benzene rings is 2. The number of hydrogen-bond acceptors (Lipinski definition) is 6. The van der Waals surface area contributed by atoms with E-state index >= 15 is 0 Å². The van der Waals surface area contributed by atoms with Crippen molar-refractivity contribution < 1.29 is 19.1 Å². The Morgan fingerprint density at radius 3 is 2.73 bits per heavy atom. The van der Waals surface area contributed by atoms with E-state index in [9.17, 15) is 14.4 Å². The first kappa shape index (κ1) is 21.6. The zero-order valence-corrected chi connectivity index (χ0v) is 18.2. The van der Waals surface area contributed by atoms with Crippen LogP contribution in [0.15, 0.2) is 58.1 Å². The number of amides is 3. The number of rotatable bonds is 6. The highest BCUT2D eigenvalue weighted by Gasteiger charge is 2.38. The summed E-state index contributed by atoms with van der Waals surface area (Å²) in [5.41, 5.74) is 3.79. The van der Waals surface area contributed by atoms with Crippen LogP contribution < -0.4 is 20.4 Å². The maximum absolute atomic E-state index is 12.8. The largest absolute Gasteiger partial charge is 0.484 e. The second kappa shape index (κ2) is 9.59. The van der Waals surface area contributed by atoms with Gasteiger partial charge in [-0.25, -0.2) is 5.43 Å². The number of thiocarbonyl (C=S) groups is 1. The molecule has 2 N–H and O–H groups in total. The Bertz CT molecular complexity index is 1030. The monoisotopic (exact) mass is 488 g/mol. The Morgan fingerprint density at radius 2 is 2.03 bits per heavy atom. The summed E-state index contributed by atoms with van der Waals surface area (Å²) in [6.45, 7) is 1.64. The maximum Gasteiger partial charge on any atom is 0.277 e. The number of anilines is 1. The van der Waals surface area contributed by atoms with E-state index in [4.69, 9.17) is 17.0 Å². The molecule has 2 aromatic rings. The normalized spacial score (nSPS) is 16.5. The first-order valence-electron chi connectivity index (χ1n) is 8.81. The van der Waals surface area contributed by atoms with Gasteiger partial charge in [-0.1, -0.05) is 39.7 Å². The standard InChI is InChI=1S/C20H17BrN4O4S/c1-12-5-7-14(8-6-12)25-19(28)16(18(27)23-20(25)30)10-22-24-17(26)11-29-15-4-2-3-13(21)9-15/h2-10,16H,11H2,1H3,(H,24,26)(H,23,27,30)/b22-10-/t16-/m1/s1. The van der Waals surface area contributed by atoms with E-state index in [2.05, 4.69) is 31.8 Å². The molecule has 0 aromatic heterocycles. The van der Waals surface area contributed by atoms with Crippen molar-refractivity contribution >= 4 is 62.9 Å². The molecule has 3 rings (SSSR count). The van der Waals surface area contributed by atoms with Gasteiger partial charge in [0.05, 0.1) is 5.69 Å². The third-order valence-corrected chi connectivity index (χ3v) is 4.85. The molecular formula is C20H17BrN4O4S. The second-order valence-corrected chi connectivity index (χ2v) is 7.64. The van der Waals surface area contributed by atoms with Gasteiger partial charge in [0.15, 0.2) is 17.6 Å². The molecule has 0 unspecified atom stereocenters. The fourth-order valence-corrected chi connectivity index (χ4v) is 3.26. The highest BCUT2D eigenvalue weighted by Crippen LogP contribution is 2.21. The fraction of sp³-hybridized carbons (Fsp3) is 0.150. The van der Waals surface area contributed by atoms with Crippen molar-refractivity contribution in [3.05, 3.63) is 58.6 Å². The molecule has 1 atom stereocenters. The molecule has 0 spiro atoms. The predicted octanol–water partition coefficient (Wildman–Crippen LogP) is 2.30. The van der Waals surface area contributed by atoms with Gasteiger partial charge >= 0.3 is 0 Å². The molecule has 1 saturated heterocycles. The van der Waals surface area contributed by atoms with E-state index in [1.807, 2.05) is 25.1 Å². The number of hydrogen-bond donors (Lipinski definition) is 2. The summed E-state index contributed by atoms with van der Waals surface area (Å²) in [4.78, 5) is 38.1. The van der Waals surface area contributed by atoms with Gasteiger partial charge in [0.2, 0.25) is 5.91 Å². The molecule has 154 valence electrons. The minimum absolute atomic E-state index is 0.00930. The lowest BCUT2D eigenvalue weighted by atomic mass is 10.1. The van der Waals surface area contributed by atoms with Gasteiger partial charge in [-0.05, 0) is 49.5 Å². The maximum atomic E-state index is 12.8. The quantitative estimate of drug-likeness (QED) is 0.281. The molecular weight excluding hydrogens is 472 g/mol. The second-order valence-electron chi connectivity index (χ2n) is 6.34. The van der Waals surface area contributed by atoms with Crippen LogP contribution in [0.1, 0.15) is 5.56 Å². The molecule has 0 aliphatic carbocycles. The minimum Gasteiger partial charge on any atom is -0.484 e. The molecule has 3 amide bonds. The van der Waals surface area contributed by atoms with E-state index in [-0.39, 0.29) is 11.7 Å². The van der Waals surface area contributed by atoms with Gasteiger partial charge in [-0.3, -0.25) is 19.3 Å². The van der Waals surface area contributed by atoms with Gasteiger partial charge in [-0.2, -0.15) is 5.10 Å². The molecule has 0 bridgehead atoms. The van der Waals surface area contributed by atoms with Gasteiger partial charge in [0.1, 0.15) is 5.75 Å². The molecule has 10 heteroatoms. The number of halogens is 1. The number of nitrogens with zero attached hydrogens (tertiary/aromatic N) is 2. The number of carbonyl (C=O) groups is 3. The lowest BCUT2D eigenvalue weighted by Gasteiger charge is -2.30. The van der Waals surface area contributed by atoms with Gasteiger partial charge in [0, 0.05) is 10.7 Å². The van der Waals surface area contributed by atoms with Crippen LogP contribution in [-0.4, -0.2) is 35.7 Å². The zero-order valence-electron chi connectivity index (χ0n) is 15.8. The van der Waals surface area contributed by atoms with Gasteiger partial charge in [-0.15, -0.1) is 0 Å². The molecule has 0 radical (unpaired) electrons. The van der Waals surface area contributed by atoms with Crippen LogP contribution in [0, 0.1) is 12.8 Å². The molecule has 2 aromatic carbocycles.